The van der Waals surface area contributed by atoms with E-state index in [0.717, 1.165) is 12.2 Å². The summed E-state index contributed by atoms with van der Waals surface area (Å²) in [6, 6.07) is 2.14. The van der Waals surface area contributed by atoms with E-state index in [1.807, 2.05) is 13.8 Å². The molecule has 0 spiro atoms. The first-order valence-electron chi connectivity index (χ1n) is 3.55. The van der Waals surface area contributed by atoms with Gasteiger partial charge in [-0.15, -0.1) is 0 Å². The highest BCUT2D eigenvalue weighted by Gasteiger charge is 1.87. The van der Waals surface area contributed by atoms with Crippen LogP contribution in [0.1, 0.15) is 19.4 Å². The molecule has 1 rings (SSSR count). The van der Waals surface area contributed by atoms with Crippen LogP contribution in [0.3, 0.4) is 0 Å². The van der Waals surface area contributed by atoms with Crippen molar-refractivity contribution in [3.8, 4) is 0 Å². The average molecular weight is 174 g/mol. The van der Waals surface area contributed by atoms with Gasteiger partial charge in [0.25, 0.3) is 0 Å². The van der Waals surface area contributed by atoms with Crippen molar-refractivity contribution in [1.82, 2.24) is 0 Å². The Balaban J connectivity index is 0.000000371. The third-order valence-corrected chi connectivity index (χ3v) is 1.94. The van der Waals surface area contributed by atoms with Gasteiger partial charge in [0.1, 0.15) is 0 Å². The largest absolute Gasteiger partial charge is 0.179 e. The fourth-order valence-electron chi connectivity index (χ4n) is 0.564. The van der Waals surface area contributed by atoms with E-state index in [4.69, 9.17) is 0 Å². The zero-order valence-corrected chi connectivity index (χ0v) is 8.21. The smallest absolute Gasteiger partial charge is 0.00571 e. The molecule has 0 aromatic carbocycles. The Hall–Kier alpha value is 0.0500. The molecule has 2 heteroatoms. The van der Waals surface area contributed by atoms with Gasteiger partial charge in [0.05, 0.1) is 0 Å². The molecule has 0 saturated carbocycles. The van der Waals surface area contributed by atoms with Crippen molar-refractivity contribution >= 4 is 24.0 Å². The van der Waals surface area contributed by atoms with Gasteiger partial charge in [-0.3, -0.25) is 0 Å². The van der Waals surface area contributed by atoms with Crippen LogP contribution in [0.5, 0.6) is 0 Å². The molecule has 0 radical (unpaired) electrons. The number of thiol groups is 1. The molecule has 0 bridgehead atoms. The van der Waals surface area contributed by atoms with Crippen LogP contribution in [0.2, 0.25) is 0 Å². The Morgan fingerprint density at radius 3 is 2.60 bits per heavy atom. The van der Waals surface area contributed by atoms with E-state index in [0.29, 0.717) is 0 Å². The van der Waals surface area contributed by atoms with Crippen LogP contribution < -0.4 is 0 Å². The van der Waals surface area contributed by atoms with Gasteiger partial charge < -0.3 is 0 Å². The van der Waals surface area contributed by atoms with Crippen LogP contribution >= 0.6 is 24.0 Å². The molecule has 0 aliphatic heterocycles. The maximum absolute atomic E-state index is 4.11. The molecule has 0 unspecified atom stereocenters. The summed E-state index contributed by atoms with van der Waals surface area (Å²) in [5, 5.41) is 4.26. The Bertz CT molecular complexity index is 133. The molecular formula is C8H14S2. The van der Waals surface area contributed by atoms with Crippen molar-refractivity contribution in [2.75, 3.05) is 5.75 Å². The third kappa shape index (κ3) is 3.96. The lowest BCUT2D eigenvalue weighted by atomic mass is 10.3. The summed E-state index contributed by atoms with van der Waals surface area (Å²) in [6.45, 7) is 4.00. The lowest BCUT2D eigenvalue weighted by Crippen LogP contribution is -1.78. The van der Waals surface area contributed by atoms with Crippen molar-refractivity contribution in [3.05, 3.63) is 22.4 Å². The molecule has 0 fully saturated rings. The first-order valence-corrected chi connectivity index (χ1v) is 5.13. The van der Waals surface area contributed by atoms with Gasteiger partial charge in [-0.05, 0) is 34.6 Å². The Morgan fingerprint density at radius 2 is 2.20 bits per heavy atom. The SMILES string of the molecule is CC.SCCc1ccsc1. The summed E-state index contributed by atoms with van der Waals surface area (Å²) in [5.41, 5.74) is 1.41. The maximum atomic E-state index is 4.11. The minimum atomic E-state index is 0.955. The molecule has 0 aliphatic carbocycles. The predicted molar refractivity (Wildman–Crippen MR) is 53.2 cm³/mol. The monoisotopic (exact) mass is 174 g/mol. The van der Waals surface area contributed by atoms with Gasteiger partial charge in [0.15, 0.2) is 0 Å². The van der Waals surface area contributed by atoms with E-state index < -0.39 is 0 Å². The summed E-state index contributed by atoms with van der Waals surface area (Å²) in [6.07, 6.45) is 1.10. The van der Waals surface area contributed by atoms with Gasteiger partial charge >= 0.3 is 0 Å². The van der Waals surface area contributed by atoms with Crippen LogP contribution in [-0.4, -0.2) is 5.75 Å². The molecule has 0 nitrogen and oxygen atoms in total. The molecule has 1 aromatic rings. The van der Waals surface area contributed by atoms with E-state index >= 15 is 0 Å². The Morgan fingerprint density at radius 1 is 1.50 bits per heavy atom. The van der Waals surface area contributed by atoms with E-state index in [9.17, 15) is 0 Å². The van der Waals surface area contributed by atoms with E-state index in [1.165, 1.54) is 5.56 Å². The highest BCUT2D eigenvalue weighted by molar-refractivity contribution is 7.80. The average Bonchev–Trinajstić information content (AvgIpc) is 2.46. The second-order valence-electron chi connectivity index (χ2n) is 1.61. The normalized spacial score (nSPS) is 8.30. The number of thiophene rings is 1. The molecule has 0 aliphatic rings. The summed E-state index contributed by atoms with van der Waals surface area (Å²) in [4.78, 5) is 0. The van der Waals surface area contributed by atoms with Crippen molar-refractivity contribution in [2.45, 2.75) is 20.3 Å². The molecule has 1 heterocycles. The van der Waals surface area contributed by atoms with Gasteiger partial charge in [0, 0.05) is 0 Å². The summed E-state index contributed by atoms with van der Waals surface area (Å²) < 4.78 is 0. The van der Waals surface area contributed by atoms with Crippen LogP contribution in [0.25, 0.3) is 0 Å². The second-order valence-corrected chi connectivity index (χ2v) is 2.83. The standard InChI is InChI=1S/C6H8S2.C2H6/c7-3-1-6-2-4-8-5-6;1-2/h2,4-5,7H,1,3H2;1-2H3. The molecule has 0 saturated heterocycles. The molecular weight excluding hydrogens is 160 g/mol. The van der Waals surface area contributed by atoms with Crippen molar-refractivity contribution in [2.24, 2.45) is 0 Å². The quantitative estimate of drug-likeness (QED) is 0.654. The summed E-state index contributed by atoms with van der Waals surface area (Å²) >= 11 is 5.86. The van der Waals surface area contributed by atoms with Crippen molar-refractivity contribution in [3.63, 3.8) is 0 Å². The Labute approximate surface area is 72.7 Å². The third-order valence-electron chi connectivity index (χ3n) is 0.981. The fraction of sp³-hybridized carbons (Fsp3) is 0.500. The predicted octanol–water partition coefficient (Wildman–Crippen LogP) is 3.25. The molecule has 0 amide bonds. The first-order chi connectivity index (χ1) is 4.93. The zero-order chi connectivity index (χ0) is 7.82. The van der Waals surface area contributed by atoms with Gasteiger partial charge in [-0.2, -0.15) is 24.0 Å². The second kappa shape index (κ2) is 7.16. The van der Waals surface area contributed by atoms with E-state index in [2.05, 4.69) is 29.5 Å². The molecule has 1 aromatic heterocycles. The molecule has 0 atom stereocenters. The van der Waals surface area contributed by atoms with Gasteiger partial charge in [0.2, 0.25) is 0 Å². The van der Waals surface area contributed by atoms with Crippen LogP contribution in [0.4, 0.5) is 0 Å². The highest BCUT2D eigenvalue weighted by atomic mass is 32.1. The molecule has 58 valence electrons. The van der Waals surface area contributed by atoms with Crippen molar-refractivity contribution in [1.29, 1.82) is 0 Å². The summed E-state index contributed by atoms with van der Waals surface area (Å²) in [5.74, 6) is 0.955. The summed E-state index contributed by atoms with van der Waals surface area (Å²) in [7, 11) is 0. The molecule has 10 heavy (non-hydrogen) atoms. The lowest BCUT2D eigenvalue weighted by molar-refractivity contribution is 1.18. The molecule has 0 N–H and O–H groups in total. The topological polar surface area (TPSA) is 0 Å². The minimum Gasteiger partial charge on any atom is -0.179 e. The minimum absolute atomic E-state index is 0.955. The Kier molecular flexibility index (Phi) is 7.20. The first kappa shape index (κ1) is 10.0. The van der Waals surface area contributed by atoms with E-state index in [1.54, 1.807) is 11.3 Å². The fourth-order valence-corrected chi connectivity index (χ4v) is 1.53. The van der Waals surface area contributed by atoms with Gasteiger partial charge in [-0.1, -0.05) is 13.8 Å². The van der Waals surface area contributed by atoms with E-state index in [-0.39, 0.29) is 0 Å². The maximum Gasteiger partial charge on any atom is -0.00571 e. The highest BCUT2D eigenvalue weighted by Crippen LogP contribution is 2.06. The number of hydrogen-bond acceptors (Lipinski definition) is 2. The lowest BCUT2D eigenvalue weighted by Gasteiger charge is -1.85. The van der Waals surface area contributed by atoms with Crippen molar-refractivity contribution < 1.29 is 0 Å². The number of hydrogen-bond donors (Lipinski definition) is 1. The van der Waals surface area contributed by atoms with Gasteiger partial charge in [-0.25, -0.2) is 0 Å². The zero-order valence-electron chi connectivity index (χ0n) is 6.50. The number of aryl methyl sites for hydroxylation is 1. The number of rotatable bonds is 2. The van der Waals surface area contributed by atoms with Crippen LogP contribution in [-0.2, 0) is 6.42 Å². The van der Waals surface area contributed by atoms with Crippen LogP contribution in [0.15, 0.2) is 16.8 Å². The van der Waals surface area contributed by atoms with Crippen LogP contribution in [0, 0.1) is 0 Å².